The van der Waals surface area contributed by atoms with Crippen LogP contribution in [0.25, 0.3) is 0 Å². The maximum atomic E-state index is 13.4. The lowest BCUT2D eigenvalue weighted by molar-refractivity contribution is -0.135. The zero-order valence-corrected chi connectivity index (χ0v) is 22.1. The maximum absolute atomic E-state index is 13.4. The first-order valence-electron chi connectivity index (χ1n) is 12.9. The molecule has 0 saturated carbocycles. The molecule has 1 aromatic rings. The quantitative estimate of drug-likeness (QED) is 0.586. The monoisotopic (exact) mass is 524 g/mol. The van der Waals surface area contributed by atoms with E-state index in [2.05, 4.69) is 15.9 Å². The molecule has 3 heterocycles. The third kappa shape index (κ3) is 7.89. The zero-order valence-electron chi connectivity index (χ0n) is 21.3. The van der Waals surface area contributed by atoms with Gasteiger partial charge >= 0.3 is 0 Å². The Morgan fingerprint density at radius 1 is 0.944 bits per heavy atom. The first kappa shape index (κ1) is 28.4. The highest BCUT2D eigenvalue weighted by Gasteiger charge is 2.32. The SMILES string of the molecule is CN1CCN(S(=O)(=O)N2CCCC(=O)N3CCCCC3CCc3cccc(c3)OCC2)CC1.O=CO. The van der Waals surface area contributed by atoms with Crippen LogP contribution < -0.4 is 4.74 Å². The fraction of sp³-hybridized carbons (Fsp3) is 0.680. The lowest BCUT2D eigenvalue weighted by Gasteiger charge is -2.36. The molecular formula is C25H40N4O6S. The van der Waals surface area contributed by atoms with Crippen LogP contribution in [0.2, 0.25) is 0 Å². The molecule has 2 fully saturated rings. The van der Waals surface area contributed by atoms with Crippen molar-refractivity contribution in [1.82, 2.24) is 18.4 Å². The number of nitrogens with zero attached hydrogens (tertiary/aromatic N) is 4. The minimum atomic E-state index is -3.60. The molecule has 1 amide bonds. The van der Waals surface area contributed by atoms with Crippen LogP contribution in [0.5, 0.6) is 5.75 Å². The number of carboxylic acid groups (broad SMARTS) is 1. The summed E-state index contributed by atoms with van der Waals surface area (Å²) in [6.07, 6.45) is 6.05. The number of piperazine rings is 1. The number of benzene rings is 1. The number of amides is 1. The van der Waals surface area contributed by atoms with E-state index in [9.17, 15) is 13.2 Å². The van der Waals surface area contributed by atoms with E-state index in [1.165, 1.54) is 9.87 Å². The number of carbonyl (C=O) groups excluding carboxylic acids is 1. The van der Waals surface area contributed by atoms with Crippen molar-refractivity contribution >= 4 is 22.6 Å². The summed E-state index contributed by atoms with van der Waals surface area (Å²) in [6.45, 7) is 3.91. The molecule has 202 valence electrons. The first-order valence-corrected chi connectivity index (χ1v) is 14.3. The Morgan fingerprint density at radius 2 is 1.67 bits per heavy atom. The normalized spacial score (nSPS) is 23.8. The summed E-state index contributed by atoms with van der Waals surface area (Å²) >= 11 is 0. The third-order valence-electron chi connectivity index (χ3n) is 7.13. The molecule has 1 N–H and O–H groups in total. The van der Waals surface area contributed by atoms with E-state index in [1.807, 2.05) is 25.2 Å². The number of fused-ring (bicyclic) bond motifs is 3. The number of piperidine rings is 1. The molecule has 1 unspecified atom stereocenters. The van der Waals surface area contributed by atoms with Gasteiger partial charge in [-0.15, -0.1) is 0 Å². The van der Waals surface area contributed by atoms with Gasteiger partial charge < -0.3 is 19.6 Å². The summed E-state index contributed by atoms with van der Waals surface area (Å²) in [4.78, 5) is 25.6. The van der Waals surface area contributed by atoms with E-state index in [1.54, 1.807) is 4.31 Å². The van der Waals surface area contributed by atoms with Gasteiger partial charge in [0, 0.05) is 58.3 Å². The third-order valence-corrected chi connectivity index (χ3v) is 9.17. The molecule has 4 rings (SSSR count). The highest BCUT2D eigenvalue weighted by atomic mass is 32.2. The summed E-state index contributed by atoms with van der Waals surface area (Å²) in [5.41, 5.74) is 1.20. The lowest BCUT2D eigenvalue weighted by Crippen LogP contribution is -2.53. The zero-order chi connectivity index (χ0) is 26.0. The number of likely N-dealkylation sites (N-methyl/N-ethyl adjacent to an activating group) is 1. The fourth-order valence-electron chi connectivity index (χ4n) is 5.09. The Labute approximate surface area is 215 Å². The van der Waals surface area contributed by atoms with Gasteiger partial charge in [-0.3, -0.25) is 9.59 Å². The van der Waals surface area contributed by atoms with Gasteiger partial charge in [-0.1, -0.05) is 12.1 Å². The van der Waals surface area contributed by atoms with Crippen molar-refractivity contribution in [2.45, 2.75) is 51.0 Å². The molecule has 1 aromatic carbocycles. The summed E-state index contributed by atoms with van der Waals surface area (Å²) in [5.74, 6) is 0.937. The maximum Gasteiger partial charge on any atom is 0.290 e. The van der Waals surface area contributed by atoms with Crippen LogP contribution in [0.15, 0.2) is 24.3 Å². The van der Waals surface area contributed by atoms with Crippen LogP contribution in [-0.2, 0) is 26.2 Å². The van der Waals surface area contributed by atoms with Gasteiger partial charge in [0.25, 0.3) is 16.7 Å². The van der Waals surface area contributed by atoms with Crippen LogP contribution in [0.4, 0.5) is 0 Å². The Bertz CT molecular complexity index is 952. The van der Waals surface area contributed by atoms with Crippen molar-refractivity contribution in [2.75, 3.05) is 59.5 Å². The van der Waals surface area contributed by atoms with E-state index in [0.29, 0.717) is 39.1 Å². The van der Waals surface area contributed by atoms with Gasteiger partial charge in [0.05, 0.1) is 0 Å². The van der Waals surface area contributed by atoms with Gasteiger partial charge in [-0.25, -0.2) is 0 Å². The Morgan fingerprint density at radius 3 is 2.42 bits per heavy atom. The minimum absolute atomic E-state index is 0.163. The molecule has 0 aromatic heterocycles. The predicted molar refractivity (Wildman–Crippen MR) is 137 cm³/mol. The van der Waals surface area contributed by atoms with E-state index >= 15 is 0 Å². The molecule has 2 saturated heterocycles. The van der Waals surface area contributed by atoms with Crippen molar-refractivity contribution in [3.63, 3.8) is 0 Å². The van der Waals surface area contributed by atoms with Crippen molar-refractivity contribution in [2.24, 2.45) is 0 Å². The van der Waals surface area contributed by atoms with Crippen molar-refractivity contribution in [1.29, 1.82) is 0 Å². The average Bonchev–Trinajstić information content (AvgIpc) is 2.87. The van der Waals surface area contributed by atoms with E-state index in [0.717, 1.165) is 57.5 Å². The molecule has 3 aliphatic rings. The Balaban J connectivity index is 0.00000115. The van der Waals surface area contributed by atoms with Crippen LogP contribution >= 0.6 is 0 Å². The molecule has 0 aliphatic carbocycles. The average molecular weight is 525 g/mol. The Hall–Kier alpha value is -2.21. The molecule has 2 bridgehead atoms. The molecule has 1 atom stereocenters. The molecule has 0 spiro atoms. The summed E-state index contributed by atoms with van der Waals surface area (Å²) < 4.78 is 35.9. The van der Waals surface area contributed by atoms with Crippen LogP contribution in [0.3, 0.4) is 0 Å². The fourth-order valence-corrected chi connectivity index (χ4v) is 6.71. The van der Waals surface area contributed by atoms with E-state index in [4.69, 9.17) is 14.6 Å². The number of carbonyl (C=O) groups is 2. The largest absolute Gasteiger partial charge is 0.492 e. The van der Waals surface area contributed by atoms with E-state index in [-0.39, 0.29) is 25.0 Å². The smallest absolute Gasteiger partial charge is 0.290 e. The van der Waals surface area contributed by atoms with Crippen molar-refractivity contribution < 1.29 is 27.9 Å². The summed E-state index contributed by atoms with van der Waals surface area (Å²) in [6, 6.07) is 8.34. The Kier molecular flexibility index (Phi) is 11.0. The van der Waals surface area contributed by atoms with Gasteiger partial charge in [0.15, 0.2) is 0 Å². The van der Waals surface area contributed by atoms with Gasteiger partial charge in [-0.2, -0.15) is 17.0 Å². The number of aryl methyl sites for hydroxylation is 1. The highest BCUT2D eigenvalue weighted by Crippen LogP contribution is 2.24. The summed E-state index contributed by atoms with van der Waals surface area (Å²) in [5, 5.41) is 6.89. The molecule has 10 nitrogen and oxygen atoms in total. The standard InChI is InChI=1S/C24H38N4O4S.CH2O2/c1-25-14-16-27(17-15-25)33(30,31)26-12-5-9-24(29)28-13-3-2-7-22(28)11-10-21-6-4-8-23(20-21)32-19-18-26;2-1-3/h4,6,8,20,22H,2-3,5,7,9-19H2,1H3;1H,(H,2,3). The number of ether oxygens (including phenoxy) is 1. The molecule has 0 radical (unpaired) electrons. The second-order valence-electron chi connectivity index (χ2n) is 9.59. The van der Waals surface area contributed by atoms with Gasteiger partial charge in [0.2, 0.25) is 5.91 Å². The van der Waals surface area contributed by atoms with E-state index < -0.39 is 10.2 Å². The number of rotatable bonds is 2. The number of hydrogen-bond donors (Lipinski definition) is 1. The molecule has 36 heavy (non-hydrogen) atoms. The highest BCUT2D eigenvalue weighted by molar-refractivity contribution is 7.86. The van der Waals surface area contributed by atoms with Crippen LogP contribution in [-0.4, -0.2) is 110 Å². The van der Waals surface area contributed by atoms with Crippen LogP contribution in [0, 0.1) is 0 Å². The molecule has 11 heteroatoms. The van der Waals surface area contributed by atoms with Crippen molar-refractivity contribution in [3.05, 3.63) is 29.8 Å². The van der Waals surface area contributed by atoms with Gasteiger partial charge in [-0.05, 0) is 63.3 Å². The predicted octanol–water partition coefficient (Wildman–Crippen LogP) is 1.67. The minimum Gasteiger partial charge on any atom is -0.492 e. The lowest BCUT2D eigenvalue weighted by atomic mass is 9.95. The number of hydrogen-bond acceptors (Lipinski definition) is 6. The topological polar surface area (TPSA) is 111 Å². The summed E-state index contributed by atoms with van der Waals surface area (Å²) in [7, 11) is -1.59. The van der Waals surface area contributed by atoms with Crippen molar-refractivity contribution in [3.8, 4) is 5.75 Å². The molecular weight excluding hydrogens is 484 g/mol. The first-order chi connectivity index (χ1) is 17.3. The second kappa shape index (κ2) is 13.9. The second-order valence-corrected chi connectivity index (χ2v) is 11.5. The van der Waals surface area contributed by atoms with Gasteiger partial charge in [0.1, 0.15) is 12.4 Å². The van der Waals surface area contributed by atoms with Crippen LogP contribution in [0.1, 0.15) is 44.1 Å². The molecule has 3 aliphatic heterocycles.